The van der Waals surface area contributed by atoms with E-state index in [9.17, 15) is 0 Å². The lowest BCUT2D eigenvalue weighted by Gasteiger charge is -2.30. The number of anilines is 1. The number of likely N-dealkylation sites (tertiary alicyclic amines) is 1. The van der Waals surface area contributed by atoms with Crippen LogP contribution in [0.2, 0.25) is 0 Å². The van der Waals surface area contributed by atoms with E-state index < -0.39 is 0 Å². The number of hydrogen-bond acceptors (Lipinski definition) is 6. The molecule has 1 saturated heterocycles. The van der Waals surface area contributed by atoms with Crippen LogP contribution in [0.3, 0.4) is 0 Å². The Labute approximate surface area is 145 Å². The van der Waals surface area contributed by atoms with Crippen molar-refractivity contribution in [3.8, 4) is 17.3 Å². The second kappa shape index (κ2) is 6.49. The van der Waals surface area contributed by atoms with Gasteiger partial charge in [0.15, 0.2) is 0 Å². The number of nitriles is 1. The van der Waals surface area contributed by atoms with Crippen LogP contribution in [0.25, 0.3) is 17.0 Å². The van der Waals surface area contributed by atoms with E-state index in [1.165, 1.54) is 12.7 Å². The average molecular weight is 333 g/mol. The molecule has 3 aromatic rings. The summed E-state index contributed by atoms with van der Waals surface area (Å²) in [4.78, 5) is 11.2. The van der Waals surface area contributed by atoms with Crippen molar-refractivity contribution in [2.24, 2.45) is 0 Å². The van der Waals surface area contributed by atoms with Crippen molar-refractivity contribution in [1.82, 2.24) is 24.5 Å². The van der Waals surface area contributed by atoms with E-state index in [-0.39, 0.29) is 0 Å². The predicted molar refractivity (Wildman–Crippen MR) is 95.1 cm³/mol. The van der Waals surface area contributed by atoms with Gasteiger partial charge in [-0.3, -0.25) is 0 Å². The lowest BCUT2D eigenvalue weighted by molar-refractivity contribution is 0.261. The molecule has 4 rings (SSSR count). The molecule has 1 aliphatic heterocycles. The van der Waals surface area contributed by atoms with Crippen LogP contribution >= 0.6 is 0 Å². The maximum absolute atomic E-state index is 8.98. The molecular weight excluding hydrogens is 314 g/mol. The molecule has 0 saturated carbocycles. The summed E-state index contributed by atoms with van der Waals surface area (Å²) in [5.41, 5.74) is 2.51. The molecule has 1 fully saturated rings. The highest BCUT2D eigenvalue weighted by Crippen LogP contribution is 2.24. The molecule has 0 bridgehead atoms. The van der Waals surface area contributed by atoms with Crippen LogP contribution < -0.4 is 5.32 Å². The van der Waals surface area contributed by atoms with Gasteiger partial charge in [-0.15, -0.1) is 0 Å². The molecule has 1 N–H and O–H groups in total. The molecule has 1 aliphatic rings. The number of piperidine rings is 1. The summed E-state index contributed by atoms with van der Waals surface area (Å²) in [6.07, 6.45) is 3.83. The molecule has 0 radical (unpaired) electrons. The Morgan fingerprint density at radius 2 is 2.12 bits per heavy atom. The first-order valence-electron chi connectivity index (χ1n) is 8.39. The number of nitrogens with one attached hydrogen (secondary N) is 1. The number of fused-ring (bicyclic) bond motifs is 1. The SMILES string of the molecule is CN1CCCC(Nc2cc(-c3ccc(C#N)cc3)n3ncnc3n2)C1. The van der Waals surface area contributed by atoms with E-state index >= 15 is 0 Å². The minimum absolute atomic E-state index is 0.380. The smallest absolute Gasteiger partial charge is 0.254 e. The topological polar surface area (TPSA) is 82.1 Å². The number of likely N-dealkylation sites (N-methyl/N-ethyl adjacent to an activating group) is 1. The molecule has 2 aromatic heterocycles. The molecule has 0 amide bonds. The van der Waals surface area contributed by atoms with Crippen LogP contribution in [-0.2, 0) is 0 Å². The number of nitrogens with zero attached hydrogens (tertiary/aromatic N) is 6. The van der Waals surface area contributed by atoms with Crippen molar-refractivity contribution in [3.05, 3.63) is 42.2 Å². The van der Waals surface area contributed by atoms with Gasteiger partial charge in [0.2, 0.25) is 0 Å². The lowest BCUT2D eigenvalue weighted by atomic mass is 10.1. The maximum Gasteiger partial charge on any atom is 0.254 e. The van der Waals surface area contributed by atoms with Crippen LogP contribution in [0.1, 0.15) is 18.4 Å². The number of rotatable bonds is 3. The second-order valence-electron chi connectivity index (χ2n) is 6.43. The highest BCUT2D eigenvalue weighted by atomic mass is 15.3. The molecular formula is C18H19N7. The van der Waals surface area contributed by atoms with Crippen molar-refractivity contribution >= 4 is 11.6 Å². The summed E-state index contributed by atoms with van der Waals surface area (Å²) in [6, 6.07) is 12.0. The van der Waals surface area contributed by atoms with E-state index in [1.54, 1.807) is 4.52 Å². The van der Waals surface area contributed by atoms with Crippen molar-refractivity contribution < 1.29 is 0 Å². The molecule has 0 spiro atoms. The highest BCUT2D eigenvalue weighted by Gasteiger charge is 2.18. The van der Waals surface area contributed by atoms with E-state index in [0.29, 0.717) is 17.4 Å². The largest absolute Gasteiger partial charge is 0.366 e. The average Bonchev–Trinajstić information content (AvgIpc) is 3.10. The minimum Gasteiger partial charge on any atom is -0.366 e. The van der Waals surface area contributed by atoms with Crippen LogP contribution in [0.15, 0.2) is 36.7 Å². The first-order valence-corrected chi connectivity index (χ1v) is 8.39. The van der Waals surface area contributed by atoms with Gasteiger partial charge in [-0.1, -0.05) is 12.1 Å². The lowest BCUT2D eigenvalue weighted by Crippen LogP contribution is -2.39. The van der Waals surface area contributed by atoms with Gasteiger partial charge >= 0.3 is 0 Å². The summed E-state index contributed by atoms with van der Waals surface area (Å²) in [7, 11) is 2.14. The molecule has 7 nitrogen and oxygen atoms in total. The molecule has 1 atom stereocenters. The Morgan fingerprint density at radius 3 is 2.88 bits per heavy atom. The number of aromatic nitrogens is 4. The number of benzene rings is 1. The van der Waals surface area contributed by atoms with E-state index in [4.69, 9.17) is 5.26 Å². The molecule has 1 aromatic carbocycles. The fourth-order valence-electron chi connectivity index (χ4n) is 3.30. The molecule has 126 valence electrons. The van der Waals surface area contributed by atoms with Gasteiger partial charge in [0.1, 0.15) is 12.1 Å². The van der Waals surface area contributed by atoms with Crippen LogP contribution in [0.4, 0.5) is 5.82 Å². The Hall–Kier alpha value is -2.98. The van der Waals surface area contributed by atoms with Crippen LogP contribution in [0, 0.1) is 11.3 Å². The van der Waals surface area contributed by atoms with Gasteiger partial charge in [0.05, 0.1) is 17.3 Å². The fourth-order valence-corrected chi connectivity index (χ4v) is 3.30. The number of hydrogen-bond donors (Lipinski definition) is 1. The Balaban J connectivity index is 1.70. The molecule has 7 heteroatoms. The van der Waals surface area contributed by atoms with E-state index in [2.05, 4.69) is 38.4 Å². The zero-order chi connectivity index (χ0) is 17.2. The monoisotopic (exact) mass is 333 g/mol. The van der Waals surface area contributed by atoms with E-state index in [1.807, 2.05) is 30.3 Å². The highest BCUT2D eigenvalue weighted by molar-refractivity contribution is 5.66. The molecule has 1 unspecified atom stereocenters. The van der Waals surface area contributed by atoms with Gasteiger partial charge < -0.3 is 10.2 Å². The Morgan fingerprint density at radius 1 is 1.28 bits per heavy atom. The second-order valence-corrected chi connectivity index (χ2v) is 6.43. The summed E-state index contributed by atoms with van der Waals surface area (Å²) < 4.78 is 1.72. The van der Waals surface area contributed by atoms with Crippen LogP contribution in [-0.4, -0.2) is 50.7 Å². The van der Waals surface area contributed by atoms with Crippen molar-refractivity contribution in [1.29, 1.82) is 5.26 Å². The van der Waals surface area contributed by atoms with Crippen molar-refractivity contribution in [3.63, 3.8) is 0 Å². The Kier molecular flexibility index (Phi) is 4.04. The summed E-state index contributed by atoms with van der Waals surface area (Å²) in [5.74, 6) is 1.37. The van der Waals surface area contributed by atoms with Crippen molar-refractivity contribution in [2.45, 2.75) is 18.9 Å². The zero-order valence-electron chi connectivity index (χ0n) is 14.1. The van der Waals surface area contributed by atoms with Gasteiger partial charge in [0, 0.05) is 24.2 Å². The first-order chi connectivity index (χ1) is 12.2. The van der Waals surface area contributed by atoms with Gasteiger partial charge in [-0.25, -0.2) is 0 Å². The van der Waals surface area contributed by atoms with Crippen LogP contribution in [0.5, 0.6) is 0 Å². The predicted octanol–water partition coefficient (Wildman–Crippen LogP) is 2.17. The summed E-state index contributed by atoms with van der Waals surface area (Å²) >= 11 is 0. The minimum atomic E-state index is 0.380. The van der Waals surface area contributed by atoms with E-state index in [0.717, 1.165) is 36.6 Å². The summed E-state index contributed by atoms with van der Waals surface area (Å²) in [5, 5.41) is 16.8. The quantitative estimate of drug-likeness (QED) is 0.791. The van der Waals surface area contributed by atoms with Gasteiger partial charge in [-0.05, 0) is 38.6 Å². The first kappa shape index (κ1) is 15.5. The third kappa shape index (κ3) is 3.16. The maximum atomic E-state index is 8.98. The molecule has 3 heterocycles. The van der Waals surface area contributed by atoms with Crippen molar-refractivity contribution in [2.75, 3.05) is 25.5 Å². The summed E-state index contributed by atoms with van der Waals surface area (Å²) in [6.45, 7) is 2.15. The van der Waals surface area contributed by atoms with Gasteiger partial charge in [-0.2, -0.15) is 24.8 Å². The fraction of sp³-hybridized carbons (Fsp3) is 0.333. The third-order valence-electron chi connectivity index (χ3n) is 4.54. The van der Waals surface area contributed by atoms with Gasteiger partial charge in [0.25, 0.3) is 5.78 Å². The zero-order valence-corrected chi connectivity index (χ0v) is 14.1. The molecule has 25 heavy (non-hydrogen) atoms. The standard InChI is InChI=1S/C18H19N7/c1-24-8-2-3-15(11-24)22-17-9-16(25-18(23-17)20-12-21-25)14-6-4-13(10-19)5-7-14/h4-7,9,12,15H,2-3,8,11H2,1H3,(H,20,21,22,23). The molecule has 0 aliphatic carbocycles. The third-order valence-corrected chi connectivity index (χ3v) is 4.54. The Bertz CT molecular complexity index is 923. The normalized spacial score (nSPS) is 18.2.